The molecule has 0 rings (SSSR count). The summed E-state index contributed by atoms with van der Waals surface area (Å²) in [5.41, 5.74) is 0.255. The summed E-state index contributed by atoms with van der Waals surface area (Å²) in [6.07, 6.45) is 0.219. The third kappa shape index (κ3) is 5.59. The maximum atomic E-state index is 5.71. The normalized spacial score (nSPS) is 16.2. The largest absolute Gasteiger partial charge is 0.377 e. The summed E-state index contributed by atoms with van der Waals surface area (Å²) < 4.78 is 5.71. The molecule has 0 amide bonds. The molecule has 12 heavy (non-hydrogen) atoms. The van der Waals surface area contributed by atoms with Gasteiger partial charge in [0.15, 0.2) is 0 Å². The Morgan fingerprint density at radius 2 is 1.58 bits per heavy atom. The molecule has 0 heterocycles. The zero-order valence-electron chi connectivity index (χ0n) is 9.40. The van der Waals surface area contributed by atoms with Gasteiger partial charge in [-0.2, -0.15) is 0 Å². The van der Waals surface area contributed by atoms with Crippen LogP contribution in [0, 0.1) is 17.8 Å². The zero-order valence-corrected chi connectivity index (χ0v) is 9.40. The molecule has 1 atom stereocenters. The van der Waals surface area contributed by atoms with Crippen molar-refractivity contribution in [2.24, 2.45) is 10.8 Å². The minimum absolute atomic E-state index is 0.00521. The molecular formula is C11H23O. The minimum atomic E-state index is 0.00521. The zero-order chi connectivity index (χ0) is 9.99. The van der Waals surface area contributed by atoms with Crippen LogP contribution in [-0.4, -0.2) is 12.7 Å². The Hall–Kier alpha value is -0.0400. The van der Waals surface area contributed by atoms with E-state index in [2.05, 4.69) is 48.5 Å². The van der Waals surface area contributed by atoms with E-state index in [4.69, 9.17) is 4.74 Å². The molecule has 1 unspecified atom stereocenters. The van der Waals surface area contributed by atoms with Gasteiger partial charge >= 0.3 is 0 Å². The van der Waals surface area contributed by atoms with Crippen molar-refractivity contribution >= 4 is 0 Å². The van der Waals surface area contributed by atoms with Crippen LogP contribution in [0.4, 0.5) is 0 Å². The molecule has 1 nitrogen and oxygen atoms in total. The second-order valence-electron chi connectivity index (χ2n) is 5.50. The van der Waals surface area contributed by atoms with E-state index in [1.807, 2.05) is 0 Å². The first-order valence-corrected chi connectivity index (χ1v) is 4.60. The third-order valence-electron chi connectivity index (χ3n) is 1.87. The van der Waals surface area contributed by atoms with E-state index in [0.717, 1.165) is 6.61 Å². The van der Waals surface area contributed by atoms with Crippen LogP contribution in [0.25, 0.3) is 0 Å². The van der Waals surface area contributed by atoms with Crippen molar-refractivity contribution in [1.29, 1.82) is 0 Å². The van der Waals surface area contributed by atoms with Crippen LogP contribution in [0.2, 0.25) is 0 Å². The average Bonchev–Trinajstić information content (AvgIpc) is 1.78. The summed E-state index contributed by atoms with van der Waals surface area (Å²) >= 11 is 0. The SMILES string of the molecule is [CH2]C(C)(C)C(C)OCC(C)(C)C. The molecule has 0 aromatic carbocycles. The predicted octanol–water partition coefficient (Wildman–Crippen LogP) is 3.30. The summed E-state index contributed by atoms with van der Waals surface area (Å²) in [5.74, 6) is 0. The first-order valence-electron chi connectivity index (χ1n) is 4.60. The highest BCUT2D eigenvalue weighted by Gasteiger charge is 2.22. The molecular weight excluding hydrogens is 148 g/mol. The van der Waals surface area contributed by atoms with Gasteiger partial charge in [-0.1, -0.05) is 34.6 Å². The van der Waals surface area contributed by atoms with Crippen molar-refractivity contribution in [2.45, 2.75) is 47.6 Å². The lowest BCUT2D eigenvalue weighted by Crippen LogP contribution is -2.29. The number of ether oxygens (including phenoxy) is 1. The van der Waals surface area contributed by atoms with Gasteiger partial charge in [-0.05, 0) is 24.7 Å². The Kier molecular flexibility index (Phi) is 3.77. The van der Waals surface area contributed by atoms with Gasteiger partial charge in [0.05, 0.1) is 12.7 Å². The van der Waals surface area contributed by atoms with Gasteiger partial charge in [0.1, 0.15) is 0 Å². The van der Waals surface area contributed by atoms with E-state index in [-0.39, 0.29) is 16.9 Å². The lowest BCUT2D eigenvalue weighted by molar-refractivity contribution is -0.0274. The topological polar surface area (TPSA) is 9.23 Å². The molecule has 1 heteroatoms. The summed E-state index contributed by atoms with van der Waals surface area (Å²) in [5, 5.41) is 0. The highest BCUT2D eigenvalue weighted by molar-refractivity contribution is 4.78. The van der Waals surface area contributed by atoms with Gasteiger partial charge in [0, 0.05) is 0 Å². The van der Waals surface area contributed by atoms with Gasteiger partial charge in [0.2, 0.25) is 0 Å². The molecule has 1 radical (unpaired) electrons. The molecule has 0 aromatic heterocycles. The molecule has 0 aliphatic heterocycles. The molecule has 0 aromatic rings. The molecule has 0 aliphatic carbocycles. The first kappa shape index (κ1) is 12.0. The summed E-state index contributed by atoms with van der Waals surface area (Å²) in [6, 6.07) is 0. The van der Waals surface area contributed by atoms with Crippen molar-refractivity contribution in [2.75, 3.05) is 6.61 Å². The first-order chi connectivity index (χ1) is 5.13. The maximum Gasteiger partial charge on any atom is 0.0598 e. The van der Waals surface area contributed by atoms with Crippen molar-refractivity contribution in [3.05, 3.63) is 6.92 Å². The monoisotopic (exact) mass is 171 g/mol. The van der Waals surface area contributed by atoms with Crippen LogP contribution in [-0.2, 0) is 4.74 Å². The van der Waals surface area contributed by atoms with Crippen LogP contribution < -0.4 is 0 Å². The van der Waals surface area contributed by atoms with E-state index < -0.39 is 0 Å². The lowest BCUT2D eigenvalue weighted by atomic mass is 9.90. The fourth-order valence-corrected chi connectivity index (χ4v) is 0.601. The minimum Gasteiger partial charge on any atom is -0.377 e. The van der Waals surface area contributed by atoms with Crippen LogP contribution in [0.3, 0.4) is 0 Å². The van der Waals surface area contributed by atoms with Gasteiger partial charge in [0.25, 0.3) is 0 Å². The molecule has 0 saturated carbocycles. The van der Waals surface area contributed by atoms with Gasteiger partial charge < -0.3 is 4.74 Å². The van der Waals surface area contributed by atoms with Gasteiger partial charge in [-0.25, -0.2) is 0 Å². The summed E-state index contributed by atoms with van der Waals surface area (Å²) in [7, 11) is 0. The molecule has 0 fully saturated rings. The highest BCUT2D eigenvalue weighted by Crippen LogP contribution is 2.23. The Balaban J connectivity index is 3.80. The second kappa shape index (κ2) is 3.78. The van der Waals surface area contributed by atoms with Gasteiger partial charge in [-0.15, -0.1) is 0 Å². The van der Waals surface area contributed by atoms with Crippen LogP contribution >= 0.6 is 0 Å². The van der Waals surface area contributed by atoms with Crippen molar-refractivity contribution in [3.8, 4) is 0 Å². The fourth-order valence-electron chi connectivity index (χ4n) is 0.601. The van der Waals surface area contributed by atoms with E-state index in [1.165, 1.54) is 0 Å². The average molecular weight is 171 g/mol. The summed E-state index contributed by atoms with van der Waals surface area (Å²) in [6.45, 7) is 17.7. The van der Waals surface area contributed by atoms with Crippen LogP contribution in [0.5, 0.6) is 0 Å². The number of hydrogen-bond donors (Lipinski definition) is 0. The third-order valence-corrected chi connectivity index (χ3v) is 1.87. The van der Waals surface area contributed by atoms with E-state index in [1.54, 1.807) is 0 Å². The Bertz CT molecular complexity index is 125. The smallest absolute Gasteiger partial charge is 0.0598 e. The van der Waals surface area contributed by atoms with Crippen molar-refractivity contribution in [3.63, 3.8) is 0 Å². The van der Waals surface area contributed by atoms with E-state index in [0.29, 0.717) is 0 Å². The molecule has 0 spiro atoms. The van der Waals surface area contributed by atoms with Gasteiger partial charge in [-0.3, -0.25) is 0 Å². The maximum absolute atomic E-state index is 5.71. The van der Waals surface area contributed by atoms with E-state index in [9.17, 15) is 0 Å². The van der Waals surface area contributed by atoms with Crippen molar-refractivity contribution in [1.82, 2.24) is 0 Å². The molecule has 0 aliphatic rings. The van der Waals surface area contributed by atoms with Crippen molar-refractivity contribution < 1.29 is 4.74 Å². The Labute approximate surface area is 77.5 Å². The summed E-state index contributed by atoms with van der Waals surface area (Å²) in [4.78, 5) is 0. The predicted molar refractivity (Wildman–Crippen MR) is 54.0 cm³/mol. The number of rotatable bonds is 3. The Morgan fingerprint density at radius 1 is 1.17 bits per heavy atom. The fraction of sp³-hybridized carbons (Fsp3) is 0.909. The molecule has 0 N–H and O–H groups in total. The van der Waals surface area contributed by atoms with E-state index >= 15 is 0 Å². The molecule has 73 valence electrons. The van der Waals surface area contributed by atoms with Crippen LogP contribution in [0.1, 0.15) is 41.5 Å². The second-order valence-corrected chi connectivity index (χ2v) is 5.50. The number of hydrogen-bond acceptors (Lipinski definition) is 1. The Morgan fingerprint density at radius 3 is 1.83 bits per heavy atom. The van der Waals surface area contributed by atoms with Crippen LogP contribution in [0.15, 0.2) is 0 Å². The molecule has 0 bridgehead atoms. The highest BCUT2D eigenvalue weighted by atomic mass is 16.5. The quantitative estimate of drug-likeness (QED) is 0.633. The molecule has 0 saturated heterocycles. The lowest BCUT2D eigenvalue weighted by Gasteiger charge is -2.30. The standard InChI is InChI=1S/C11H23O/c1-9(11(5,6)7)12-8-10(2,3)4/h9H,5,8H2,1-4,6-7H3.